The number of piperidine rings is 1. The average molecular weight is 375 g/mol. The molecule has 3 heterocycles. The highest BCUT2D eigenvalue weighted by atomic mass is 35.5. The van der Waals surface area contributed by atoms with E-state index in [0.29, 0.717) is 23.9 Å². The normalized spacial score (nSPS) is 24.2. The number of halogens is 1. The van der Waals surface area contributed by atoms with Gasteiger partial charge in [-0.2, -0.15) is 0 Å². The number of nitrogens with zero attached hydrogens (tertiary/aromatic N) is 1. The Balaban J connectivity index is 0.00000196. The third-order valence-corrected chi connectivity index (χ3v) is 5.78. The van der Waals surface area contributed by atoms with E-state index in [1.54, 1.807) is 6.07 Å². The number of nitrogens with one attached hydrogen (secondary N) is 1. The molecular formula is C21H27ClN2O2. The molecule has 0 saturated carbocycles. The van der Waals surface area contributed by atoms with E-state index >= 15 is 0 Å². The summed E-state index contributed by atoms with van der Waals surface area (Å²) in [5.41, 5.74) is 2.31. The van der Waals surface area contributed by atoms with Crippen molar-refractivity contribution in [1.82, 2.24) is 10.2 Å². The Labute approximate surface area is 161 Å². The lowest BCUT2D eigenvalue weighted by molar-refractivity contribution is 0.0650. The topological polar surface area (TPSA) is 45.5 Å². The Kier molecular flexibility index (Phi) is 5.73. The molecule has 1 amide bonds. The molecule has 2 unspecified atom stereocenters. The largest absolute Gasteiger partial charge is 0.451 e. The Bertz CT molecular complexity index is 744. The first-order valence-electron chi connectivity index (χ1n) is 9.36. The summed E-state index contributed by atoms with van der Waals surface area (Å²) in [4.78, 5) is 14.7. The highest BCUT2D eigenvalue weighted by Crippen LogP contribution is 2.30. The van der Waals surface area contributed by atoms with E-state index < -0.39 is 0 Å². The van der Waals surface area contributed by atoms with Gasteiger partial charge in [0.25, 0.3) is 5.91 Å². The maximum absolute atomic E-state index is 12.8. The quantitative estimate of drug-likeness (QED) is 0.868. The van der Waals surface area contributed by atoms with E-state index in [0.717, 1.165) is 30.6 Å². The van der Waals surface area contributed by atoms with Crippen molar-refractivity contribution in [3.63, 3.8) is 0 Å². The number of benzene rings is 1. The molecule has 1 aromatic carbocycles. The molecule has 2 saturated heterocycles. The number of amides is 1. The van der Waals surface area contributed by atoms with Crippen molar-refractivity contribution in [3.8, 4) is 11.3 Å². The van der Waals surface area contributed by atoms with Gasteiger partial charge >= 0.3 is 0 Å². The van der Waals surface area contributed by atoms with Crippen molar-refractivity contribution in [2.24, 2.45) is 0 Å². The number of fused-ring (bicyclic) bond motifs is 2. The van der Waals surface area contributed by atoms with Gasteiger partial charge in [-0.3, -0.25) is 4.79 Å². The van der Waals surface area contributed by atoms with Crippen LogP contribution in [-0.2, 0) is 6.42 Å². The molecule has 5 heteroatoms. The van der Waals surface area contributed by atoms with Crippen LogP contribution < -0.4 is 5.32 Å². The number of carbonyl (C=O) groups is 1. The van der Waals surface area contributed by atoms with Gasteiger partial charge in [0.2, 0.25) is 0 Å². The number of aryl methyl sites for hydroxylation is 1. The predicted molar refractivity (Wildman–Crippen MR) is 106 cm³/mol. The van der Waals surface area contributed by atoms with Crippen LogP contribution in [0.4, 0.5) is 0 Å². The number of hydrogen-bond acceptors (Lipinski definition) is 3. The van der Waals surface area contributed by atoms with Crippen LogP contribution in [-0.4, -0.2) is 36.0 Å². The Hall–Kier alpha value is -1.78. The zero-order valence-electron chi connectivity index (χ0n) is 15.4. The smallest absolute Gasteiger partial charge is 0.289 e. The molecule has 4 nitrogen and oxygen atoms in total. The second-order valence-corrected chi connectivity index (χ2v) is 7.39. The van der Waals surface area contributed by atoms with Crippen LogP contribution in [0.15, 0.2) is 40.8 Å². The van der Waals surface area contributed by atoms with E-state index in [4.69, 9.17) is 4.42 Å². The summed E-state index contributed by atoms with van der Waals surface area (Å²) in [7, 11) is 1.91. The maximum atomic E-state index is 12.8. The van der Waals surface area contributed by atoms with E-state index in [9.17, 15) is 4.79 Å². The minimum atomic E-state index is -0.0114. The lowest BCUT2D eigenvalue weighted by Crippen LogP contribution is -2.48. The summed E-state index contributed by atoms with van der Waals surface area (Å²) in [6.45, 7) is 2.14. The lowest BCUT2D eigenvalue weighted by Gasteiger charge is -2.35. The average Bonchev–Trinajstić information content (AvgIpc) is 3.27. The zero-order valence-corrected chi connectivity index (χ0v) is 16.2. The molecule has 140 valence electrons. The third kappa shape index (κ3) is 3.67. The highest BCUT2D eigenvalue weighted by Gasteiger charge is 2.37. The van der Waals surface area contributed by atoms with Crippen molar-refractivity contribution < 1.29 is 9.21 Å². The fourth-order valence-electron chi connectivity index (χ4n) is 4.20. The fraction of sp³-hybridized carbons (Fsp3) is 0.476. The SMILES string of the molecule is CCc1ccc(-c2ccc(C(=O)N(C)C3CC4CCC(C3)N4)o2)cc1.Cl. The third-order valence-electron chi connectivity index (χ3n) is 5.78. The standard InChI is InChI=1S/C21H26N2O2.ClH/c1-3-14-4-6-15(7-5-14)19-10-11-20(25-19)21(24)23(2)18-12-16-8-9-17(13-18)22-16;/h4-7,10-11,16-18,22H,3,8-9,12-13H2,1-2H3;1H. The molecule has 2 bridgehead atoms. The molecule has 4 rings (SSSR count). The molecule has 0 spiro atoms. The molecule has 1 aromatic heterocycles. The van der Waals surface area contributed by atoms with Gasteiger partial charge in [-0.1, -0.05) is 31.2 Å². The Morgan fingerprint density at radius 3 is 2.38 bits per heavy atom. The van der Waals surface area contributed by atoms with Crippen molar-refractivity contribution >= 4 is 18.3 Å². The van der Waals surface area contributed by atoms with Crippen molar-refractivity contribution in [2.45, 2.75) is 57.2 Å². The minimum Gasteiger partial charge on any atom is -0.451 e. The first-order valence-corrected chi connectivity index (χ1v) is 9.36. The molecule has 1 N–H and O–H groups in total. The summed E-state index contributed by atoms with van der Waals surface area (Å²) in [6, 6.07) is 13.5. The van der Waals surface area contributed by atoms with Crippen LogP contribution in [0.2, 0.25) is 0 Å². The van der Waals surface area contributed by atoms with Crippen molar-refractivity contribution in [2.75, 3.05) is 7.05 Å². The molecule has 2 aromatic rings. The maximum Gasteiger partial charge on any atom is 0.289 e. The monoisotopic (exact) mass is 374 g/mol. The van der Waals surface area contributed by atoms with E-state index in [-0.39, 0.29) is 18.3 Å². The molecule has 0 radical (unpaired) electrons. The minimum absolute atomic E-state index is 0. The van der Waals surface area contributed by atoms with Crippen LogP contribution in [0, 0.1) is 0 Å². The molecule has 2 atom stereocenters. The van der Waals surface area contributed by atoms with Gasteiger partial charge in [0.05, 0.1) is 0 Å². The van der Waals surface area contributed by atoms with Crippen LogP contribution in [0.1, 0.15) is 48.7 Å². The highest BCUT2D eigenvalue weighted by molar-refractivity contribution is 5.92. The van der Waals surface area contributed by atoms with Gasteiger partial charge < -0.3 is 14.6 Å². The van der Waals surface area contributed by atoms with Crippen LogP contribution in [0.25, 0.3) is 11.3 Å². The van der Waals surface area contributed by atoms with Gasteiger partial charge in [-0.15, -0.1) is 12.4 Å². The Morgan fingerprint density at radius 2 is 1.77 bits per heavy atom. The van der Waals surface area contributed by atoms with Gasteiger partial charge in [0.15, 0.2) is 5.76 Å². The van der Waals surface area contributed by atoms with Gasteiger partial charge in [0, 0.05) is 30.7 Å². The summed E-state index contributed by atoms with van der Waals surface area (Å²) in [6.07, 6.45) is 5.59. The molecule has 26 heavy (non-hydrogen) atoms. The van der Waals surface area contributed by atoms with E-state index in [1.807, 2.05) is 18.0 Å². The van der Waals surface area contributed by atoms with Crippen LogP contribution in [0.3, 0.4) is 0 Å². The van der Waals surface area contributed by atoms with Crippen LogP contribution >= 0.6 is 12.4 Å². The van der Waals surface area contributed by atoms with E-state index in [2.05, 4.69) is 36.5 Å². The number of carbonyl (C=O) groups excluding carboxylic acids is 1. The number of rotatable bonds is 4. The lowest BCUT2D eigenvalue weighted by atomic mass is 9.98. The fourth-order valence-corrected chi connectivity index (χ4v) is 4.20. The molecule has 0 aliphatic carbocycles. The molecule has 2 aliphatic heterocycles. The molecular weight excluding hydrogens is 348 g/mol. The molecule has 2 fully saturated rings. The summed E-state index contributed by atoms with van der Waals surface area (Å²) >= 11 is 0. The number of hydrogen-bond donors (Lipinski definition) is 1. The second-order valence-electron chi connectivity index (χ2n) is 7.39. The zero-order chi connectivity index (χ0) is 17.4. The van der Waals surface area contributed by atoms with Crippen molar-refractivity contribution in [1.29, 1.82) is 0 Å². The van der Waals surface area contributed by atoms with Gasteiger partial charge in [0.1, 0.15) is 5.76 Å². The Morgan fingerprint density at radius 1 is 1.12 bits per heavy atom. The van der Waals surface area contributed by atoms with Crippen molar-refractivity contribution in [3.05, 3.63) is 47.7 Å². The number of furan rings is 1. The molecule has 2 aliphatic rings. The first-order chi connectivity index (χ1) is 12.1. The van der Waals surface area contributed by atoms with Crippen LogP contribution in [0.5, 0.6) is 0 Å². The summed E-state index contributed by atoms with van der Waals surface area (Å²) in [5.74, 6) is 1.18. The second kappa shape index (κ2) is 7.85. The van der Waals surface area contributed by atoms with E-state index in [1.165, 1.54) is 18.4 Å². The summed E-state index contributed by atoms with van der Waals surface area (Å²) < 4.78 is 5.88. The van der Waals surface area contributed by atoms with Gasteiger partial charge in [-0.25, -0.2) is 0 Å². The summed E-state index contributed by atoms with van der Waals surface area (Å²) in [5, 5.41) is 3.63. The van der Waals surface area contributed by atoms with Gasteiger partial charge in [-0.05, 0) is 49.8 Å². The predicted octanol–water partition coefficient (Wildman–Crippen LogP) is 4.29. The first kappa shape index (κ1) is 19.0.